The number of ether oxygens (including phenoxy) is 2. The predicted molar refractivity (Wildman–Crippen MR) is 501 cm³/mol. The average Bonchev–Trinajstić information content (AvgIpc) is 1.65. The molecular formula is C90H121Cl2N23O16. The van der Waals surface area contributed by atoms with Gasteiger partial charge in [0.1, 0.15) is 73.4 Å². The van der Waals surface area contributed by atoms with Gasteiger partial charge in [0.2, 0.25) is 0 Å². The van der Waals surface area contributed by atoms with Gasteiger partial charge in [-0.1, -0.05) is 23.2 Å². The molecule has 4 unspecified atom stereocenters. The summed E-state index contributed by atoms with van der Waals surface area (Å²) in [5.74, 6) is 2.03. The summed E-state index contributed by atoms with van der Waals surface area (Å²) in [5, 5.41) is 73.5. The average molecular weight is 1850 g/mol. The molecule has 0 saturated heterocycles. The van der Waals surface area contributed by atoms with Crippen LogP contribution < -0.4 is 58.8 Å². The summed E-state index contributed by atoms with van der Waals surface area (Å²) < 4.78 is 21.4. The van der Waals surface area contributed by atoms with E-state index in [-0.39, 0.29) is 128 Å². The maximum atomic E-state index is 13.0. The van der Waals surface area contributed by atoms with Gasteiger partial charge in [0.25, 0.3) is 16.7 Å². The minimum Gasteiger partial charge on any atom is -0.477 e. The Labute approximate surface area is 767 Å². The Morgan fingerprint density at radius 3 is 1.16 bits per heavy atom. The number of ketones is 3. The molecule has 4 saturated carbocycles. The van der Waals surface area contributed by atoms with Gasteiger partial charge in [-0.15, -0.1) is 0 Å². The number of nitrogens with two attached hydrogens (primary N) is 2. The summed E-state index contributed by atoms with van der Waals surface area (Å²) in [6.07, 6.45) is 19.1. The standard InChI is InChI=1S/C23H30N6O3.C22H28N6O3.C19H25ClN4O4.C13H15ClN4O4.C8H12N2O.C5H11NO/c1-14(2)28-9-5-6-18(23(28)32)25-20-12-21(27(3)4)29-22(26-20)17(13-24-29)19(31)11-15-7-8-16(30)10-15;1-13(2)27-8-4-5-17(22(27)31)25-19-11-20(23-3)28-21(26-19)16(12-24-28)18(30)10-14-6-7-15(29)9-14;1-19(2,3)28-18(27)23(4)16-9-15(20)22-17-13(10-21-24(16)17)14(26)8-11-5-6-12(25)7-11;1-13(2,3)22-12(21)17(4)9-5-8(14)16-10-7(11(19)20)6-15-18(9)10;1-6(2)10-5-3-4-7(9)8(10)11;6-4-1-2-5(7)3-4/h5-6,9,12-16,30H,7-8,10-11H2,1-4H3,(H,25,26);4-5,8,11-15,23,29H,6-7,9-10H2,1-3H3,(H,25,26);9-12,25H,5-8H2,1-4H3;5-6H,1-4H3,(H,19,20);3-6H,9H2,1-2H3;4-5,7H,1-3,6H2/t15?,16-;14?,15-;11?,12-;;;4?,5-/m000..0/s1. The first kappa shape index (κ1) is 101. The molecule has 11 heterocycles. The Kier molecular flexibility index (Phi) is 33.6. The molecule has 2 amide bonds. The van der Waals surface area contributed by atoms with Gasteiger partial charge >= 0.3 is 18.2 Å². The van der Waals surface area contributed by atoms with Crippen LogP contribution in [0.15, 0.2) is 118 Å². The number of carboxylic acids is 1. The lowest BCUT2D eigenvalue weighted by Gasteiger charge is -2.24. The summed E-state index contributed by atoms with van der Waals surface area (Å²) in [6, 6.07) is 17.4. The first-order chi connectivity index (χ1) is 61.7. The number of amides is 2. The number of aliphatic hydroxyl groups excluding tert-OH is 4. The van der Waals surface area contributed by atoms with E-state index in [0.29, 0.717) is 112 Å². The molecule has 39 nitrogen and oxygen atoms in total. The van der Waals surface area contributed by atoms with E-state index < -0.39 is 29.4 Å². The Hall–Kier alpha value is -12.3. The first-order valence-electron chi connectivity index (χ1n) is 43.6. The normalized spacial score (nSPS) is 18.2. The van der Waals surface area contributed by atoms with Crippen LogP contribution in [-0.4, -0.2) is 210 Å². The lowest BCUT2D eigenvalue weighted by atomic mass is 9.98. The molecule has 4 fully saturated rings. The lowest BCUT2D eigenvalue weighted by molar-refractivity contribution is 0.0577. The van der Waals surface area contributed by atoms with Crippen molar-refractivity contribution in [3.63, 3.8) is 0 Å². The van der Waals surface area contributed by atoms with E-state index in [4.69, 9.17) is 54.4 Å². The van der Waals surface area contributed by atoms with Gasteiger partial charge in [0.05, 0.1) is 71.6 Å². The molecule has 41 heteroatoms. The van der Waals surface area contributed by atoms with Gasteiger partial charge in [-0.2, -0.15) is 38.5 Å². The van der Waals surface area contributed by atoms with Gasteiger partial charge in [-0.05, 0) is 214 Å². The SMILES string of the molecule is CC(C)n1cccc(N)c1=O.CC(C)n1cccc(Nc2cc(N(C)C)n3ncc(C(=O)CC4CC[C@H](O)C4)c3n2)c1=O.CN(C(=O)OC(C)(C)C)c1cc(Cl)nc2c(C(=O)CC3CC[C@H](O)C3)cnn12.CN(C(=O)OC(C)(C)C)c1cc(Cl)nc2c(C(=O)O)cnn12.CNc1cc(Nc2cccn(C(C)C)c2=O)nc2c(C(=O)CC3CC[C@H](O)C3)cnn12.NC1CC[C@H](O)C1. The van der Waals surface area contributed by atoms with Crippen molar-refractivity contribution in [2.45, 2.75) is 239 Å². The van der Waals surface area contributed by atoms with Crippen LogP contribution in [0, 0.1) is 17.8 Å². The van der Waals surface area contributed by atoms with Crippen molar-refractivity contribution in [1.29, 1.82) is 0 Å². The molecule has 8 atom stereocenters. The molecule has 4 aliphatic carbocycles. The van der Waals surface area contributed by atoms with Crippen LogP contribution >= 0.6 is 23.2 Å². The third kappa shape index (κ3) is 26.1. The third-order valence-corrected chi connectivity index (χ3v) is 22.6. The number of nitrogens with one attached hydrogen (secondary N) is 3. The number of carboxylic acid groups (broad SMARTS) is 1. The van der Waals surface area contributed by atoms with E-state index in [9.17, 15) is 58.5 Å². The molecule has 0 radical (unpaired) electrons. The number of nitrogens with zero attached hydrogens (tertiary/aromatic N) is 18. The van der Waals surface area contributed by atoms with Gasteiger partial charge < -0.3 is 81.0 Å². The Bertz CT molecular complexity index is 6090. The lowest BCUT2D eigenvalue weighted by Crippen LogP contribution is -2.35. The number of fused-ring (bicyclic) bond motifs is 4. The topological polar surface area (TPSA) is 507 Å². The Morgan fingerprint density at radius 1 is 0.481 bits per heavy atom. The molecule has 0 aromatic carbocycles. The van der Waals surface area contributed by atoms with Gasteiger partial charge in [-0.3, -0.25) is 38.6 Å². The van der Waals surface area contributed by atoms with Crippen LogP contribution in [0.3, 0.4) is 0 Å². The molecule has 12 N–H and O–H groups in total. The molecule has 4 aliphatic rings. The molecule has 11 aromatic rings. The van der Waals surface area contributed by atoms with E-state index in [0.717, 1.165) is 69.8 Å². The number of carbonyl (C=O) groups is 6. The van der Waals surface area contributed by atoms with E-state index in [1.165, 1.54) is 50.4 Å². The second kappa shape index (κ2) is 43.6. The van der Waals surface area contributed by atoms with Crippen molar-refractivity contribution >= 4 is 133 Å². The van der Waals surface area contributed by atoms with Crippen LogP contribution in [0.5, 0.6) is 0 Å². The fourth-order valence-electron chi connectivity index (χ4n) is 15.5. The monoisotopic (exact) mass is 1850 g/mol. The van der Waals surface area contributed by atoms with Crippen molar-refractivity contribution in [2.24, 2.45) is 23.5 Å². The van der Waals surface area contributed by atoms with E-state index in [1.54, 1.807) is 140 Å². The molecule has 0 spiro atoms. The number of hydrogen-bond acceptors (Lipinski definition) is 29. The zero-order valence-electron chi connectivity index (χ0n) is 77.0. The van der Waals surface area contributed by atoms with Crippen molar-refractivity contribution < 1.29 is 63.8 Å². The van der Waals surface area contributed by atoms with Crippen LogP contribution in [0.2, 0.25) is 10.3 Å². The summed E-state index contributed by atoms with van der Waals surface area (Å²) in [5.41, 5.74) is 12.6. The second-order valence-electron chi connectivity index (χ2n) is 36.2. The van der Waals surface area contributed by atoms with Crippen LogP contribution in [0.25, 0.3) is 22.6 Å². The number of aliphatic hydroxyl groups is 4. The fourth-order valence-corrected chi connectivity index (χ4v) is 15.8. The maximum Gasteiger partial charge on any atom is 0.415 e. The largest absolute Gasteiger partial charge is 0.477 e. The molecule has 0 aliphatic heterocycles. The number of aromatic carboxylic acids is 1. The van der Waals surface area contributed by atoms with Gasteiger partial charge in [0.15, 0.2) is 39.9 Å². The second-order valence-corrected chi connectivity index (χ2v) is 37.0. The van der Waals surface area contributed by atoms with Crippen molar-refractivity contribution in [3.05, 3.63) is 168 Å². The minimum atomic E-state index is -1.18. The number of anilines is 9. The highest BCUT2D eigenvalue weighted by atomic mass is 35.5. The quantitative estimate of drug-likeness (QED) is 0.0236. The summed E-state index contributed by atoms with van der Waals surface area (Å²) in [4.78, 5) is 133. The molecular weight excluding hydrogens is 1730 g/mol. The van der Waals surface area contributed by atoms with Crippen LogP contribution in [0.4, 0.5) is 61.6 Å². The summed E-state index contributed by atoms with van der Waals surface area (Å²) in [7, 11) is 8.55. The molecule has 11 aromatic heterocycles. The van der Waals surface area contributed by atoms with E-state index in [2.05, 4.69) is 56.3 Å². The number of Topliss-reactive ketones (excluding diaryl/α,β-unsaturated/α-hetero) is 3. The Balaban J connectivity index is 0.000000171. The number of hydrogen-bond donors (Lipinski definition) is 10. The zero-order chi connectivity index (χ0) is 96.1. The minimum absolute atomic E-state index is 0.0321. The van der Waals surface area contributed by atoms with Crippen LogP contribution in [-0.2, 0) is 9.47 Å². The third-order valence-electron chi connectivity index (χ3n) is 22.2. The zero-order valence-corrected chi connectivity index (χ0v) is 78.5. The van der Waals surface area contributed by atoms with Crippen molar-refractivity contribution in [1.82, 2.24) is 72.1 Å². The number of carbonyl (C=O) groups excluding carboxylic acids is 5. The molecule has 706 valence electrons. The summed E-state index contributed by atoms with van der Waals surface area (Å²) >= 11 is 12.1. The number of halogens is 2. The Morgan fingerprint density at radius 2 is 0.824 bits per heavy atom. The van der Waals surface area contributed by atoms with Crippen molar-refractivity contribution in [3.8, 4) is 0 Å². The smallest absolute Gasteiger partial charge is 0.415 e. The number of pyridine rings is 3. The van der Waals surface area contributed by atoms with Gasteiger partial charge in [-0.25, -0.2) is 34.3 Å². The number of aromatic nitrogens is 15. The van der Waals surface area contributed by atoms with Crippen molar-refractivity contribution in [2.75, 3.05) is 71.6 Å². The maximum absolute atomic E-state index is 13.0. The number of rotatable bonds is 21. The summed E-state index contributed by atoms with van der Waals surface area (Å²) in [6.45, 7) is 22.2. The first-order valence-corrected chi connectivity index (χ1v) is 44.3. The highest BCUT2D eigenvalue weighted by Gasteiger charge is 2.33. The highest BCUT2D eigenvalue weighted by Crippen LogP contribution is 2.36. The highest BCUT2D eigenvalue weighted by molar-refractivity contribution is 6.30. The van der Waals surface area contributed by atoms with Gasteiger partial charge in [0, 0.05) is 122 Å². The van der Waals surface area contributed by atoms with E-state index in [1.807, 2.05) is 72.7 Å². The molecule has 0 bridgehead atoms. The number of nitrogen functional groups attached to an aromatic ring is 1. The fraction of sp³-hybridized carbons (Fsp3) is 0.500. The molecule has 15 rings (SSSR count). The van der Waals surface area contributed by atoms with Crippen LogP contribution in [0.1, 0.15) is 239 Å². The predicted octanol–water partition coefficient (Wildman–Crippen LogP) is 12.8. The van der Waals surface area contributed by atoms with E-state index >= 15 is 0 Å². The molecule has 131 heavy (non-hydrogen) atoms.